The Morgan fingerprint density at radius 3 is 2.34 bits per heavy atom. The van der Waals surface area contributed by atoms with Gasteiger partial charge in [0, 0.05) is 27.4 Å². The van der Waals surface area contributed by atoms with Crippen molar-refractivity contribution >= 4 is 50.3 Å². The van der Waals surface area contributed by atoms with Crippen molar-refractivity contribution in [1.82, 2.24) is 0 Å². The average Bonchev–Trinajstić information content (AvgIpc) is 2.68. The quantitative estimate of drug-likeness (QED) is 0.209. The maximum Gasteiger partial charge on any atom is 0.288 e. The van der Waals surface area contributed by atoms with E-state index in [2.05, 4.69) is 27.3 Å². The van der Waals surface area contributed by atoms with Crippen LogP contribution < -0.4 is 9.88 Å². The Balaban J connectivity index is 2.09. The van der Waals surface area contributed by atoms with Gasteiger partial charge < -0.3 is 15.5 Å². The Morgan fingerprint density at radius 2 is 1.72 bits per heavy atom. The number of anilines is 1. The van der Waals surface area contributed by atoms with Crippen LogP contribution in [-0.2, 0) is 6.61 Å². The van der Waals surface area contributed by atoms with E-state index in [1.54, 1.807) is 23.0 Å². The first kappa shape index (κ1) is 21.2. The average molecular weight is 470 g/mol. The smallest absolute Gasteiger partial charge is 0.288 e. The van der Waals surface area contributed by atoms with Crippen molar-refractivity contribution in [3.05, 3.63) is 93.7 Å². The third-order valence-corrected chi connectivity index (χ3v) is 5.16. The highest BCUT2D eigenvalue weighted by Crippen LogP contribution is 2.22. The number of aliphatic hydroxyl groups excluding tert-OH is 2. The van der Waals surface area contributed by atoms with E-state index in [0.29, 0.717) is 21.8 Å². The van der Waals surface area contributed by atoms with Gasteiger partial charge in [-0.15, -0.1) is 0 Å². The van der Waals surface area contributed by atoms with Gasteiger partial charge in [0.15, 0.2) is 23.1 Å². The van der Waals surface area contributed by atoms with E-state index in [0.717, 1.165) is 21.3 Å². The summed E-state index contributed by atoms with van der Waals surface area (Å²) in [5.74, 6) is 0.0412. The summed E-state index contributed by atoms with van der Waals surface area (Å²) in [6.07, 6.45) is 3.54. The molecule has 0 spiro atoms. The van der Waals surface area contributed by atoms with Gasteiger partial charge in [0.25, 0.3) is 5.70 Å². The molecule has 0 radical (unpaired) electrons. The third-order valence-electron chi connectivity index (χ3n) is 4.34. The van der Waals surface area contributed by atoms with Gasteiger partial charge in [-0.3, -0.25) is 0 Å². The third kappa shape index (κ3) is 5.29. The zero-order valence-corrected chi connectivity index (χ0v) is 18.6. The lowest BCUT2D eigenvalue weighted by molar-refractivity contribution is -0.576. The molecule has 0 saturated carbocycles. The number of pyridine rings is 1. The second-order valence-electron chi connectivity index (χ2n) is 6.81. The van der Waals surface area contributed by atoms with Gasteiger partial charge in [-0.05, 0) is 67.4 Å². The predicted molar refractivity (Wildman–Crippen MR) is 125 cm³/mol. The molecule has 0 aliphatic rings. The topological polar surface area (TPSA) is 56.4 Å². The molecule has 6 heteroatoms. The van der Waals surface area contributed by atoms with E-state index in [4.69, 9.17) is 12.2 Å². The molecule has 0 atom stereocenters. The van der Waals surface area contributed by atoms with Gasteiger partial charge in [0.2, 0.25) is 0 Å². The number of hydrogen-bond donors (Lipinski definition) is 3. The zero-order valence-electron chi connectivity index (χ0n) is 16.2. The molecule has 0 aliphatic heterocycles. The second kappa shape index (κ2) is 9.31. The normalized spacial score (nSPS) is 11.7. The Hall–Kier alpha value is -2.54. The van der Waals surface area contributed by atoms with Gasteiger partial charge in [-0.2, -0.15) is 4.57 Å². The molecule has 3 rings (SSSR count). The Kier molecular flexibility index (Phi) is 6.79. The van der Waals surface area contributed by atoms with Crippen LogP contribution in [0.25, 0.3) is 11.5 Å². The summed E-state index contributed by atoms with van der Waals surface area (Å²) in [7, 11) is 0. The molecular formula is C23H22BrN2O2S+. The number of thiocarbonyl (C=S) groups is 1. The number of benzene rings is 2. The highest BCUT2D eigenvalue weighted by Gasteiger charge is 2.24. The number of aliphatic hydroxyl groups is 2. The van der Waals surface area contributed by atoms with Crippen molar-refractivity contribution in [2.24, 2.45) is 0 Å². The molecule has 1 heterocycles. The highest BCUT2D eigenvalue weighted by molar-refractivity contribution is 9.10. The van der Waals surface area contributed by atoms with Gasteiger partial charge in [-0.1, -0.05) is 34.2 Å². The predicted octanol–water partition coefficient (Wildman–Crippen LogP) is 5.17. The fraction of sp³-hybridized carbons (Fsp3) is 0.130. The summed E-state index contributed by atoms with van der Waals surface area (Å²) >= 11 is 9.10. The number of rotatable bonds is 5. The molecule has 1 aromatic heterocycles. The van der Waals surface area contributed by atoms with E-state index in [1.807, 2.05) is 56.3 Å². The van der Waals surface area contributed by atoms with E-state index in [1.165, 1.54) is 0 Å². The van der Waals surface area contributed by atoms with Gasteiger partial charge in [0.1, 0.15) is 0 Å². The lowest BCUT2D eigenvalue weighted by Crippen LogP contribution is -2.39. The van der Waals surface area contributed by atoms with Crippen LogP contribution in [0.5, 0.6) is 0 Å². The van der Waals surface area contributed by atoms with Crippen molar-refractivity contribution in [3.8, 4) is 0 Å². The minimum atomic E-state index is -0.107. The first-order valence-corrected chi connectivity index (χ1v) is 10.3. The van der Waals surface area contributed by atoms with Crippen LogP contribution >= 0.6 is 28.1 Å². The fourth-order valence-corrected chi connectivity index (χ4v) is 3.67. The zero-order chi connectivity index (χ0) is 21.0. The molecule has 0 saturated heterocycles. The first-order valence-electron chi connectivity index (χ1n) is 9.07. The summed E-state index contributed by atoms with van der Waals surface area (Å²) in [6.45, 7) is 3.94. The molecular weight excluding hydrogens is 448 g/mol. The highest BCUT2D eigenvalue weighted by atomic mass is 79.9. The monoisotopic (exact) mass is 469 g/mol. The summed E-state index contributed by atoms with van der Waals surface area (Å²) in [6, 6.07) is 17.1. The van der Waals surface area contributed by atoms with Gasteiger partial charge in [-0.25, -0.2) is 0 Å². The van der Waals surface area contributed by atoms with Crippen LogP contribution in [-0.4, -0.2) is 15.2 Å². The molecule has 29 heavy (non-hydrogen) atoms. The molecule has 0 unspecified atom stereocenters. The minimum Gasteiger partial charge on any atom is -0.502 e. The van der Waals surface area contributed by atoms with Crippen LogP contribution in [0.4, 0.5) is 5.69 Å². The molecule has 2 aromatic carbocycles. The fourth-order valence-electron chi connectivity index (χ4n) is 3.09. The number of nitrogens with zero attached hydrogens (tertiary/aromatic N) is 1. The molecule has 148 valence electrons. The largest absolute Gasteiger partial charge is 0.502 e. The number of nitrogens with one attached hydrogen (secondary N) is 1. The van der Waals surface area contributed by atoms with Crippen LogP contribution in [0, 0.1) is 13.8 Å². The maximum absolute atomic E-state index is 11.1. The van der Waals surface area contributed by atoms with Crippen molar-refractivity contribution in [3.63, 3.8) is 0 Å². The minimum absolute atomic E-state index is 0.0412. The van der Waals surface area contributed by atoms with Crippen LogP contribution in [0.1, 0.15) is 22.3 Å². The van der Waals surface area contributed by atoms with Gasteiger partial charge in [0.05, 0.1) is 6.61 Å². The van der Waals surface area contributed by atoms with Gasteiger partial charge >= 0.3 is 0 Å². The van der Waals surface area contributed by atoms with Crippen molar-refractivity contribution in [2.45, 2.75) is 20.5 Å². The summed E-state index contributed by atoms with van der Waals surface area (Å²) in [4.78, 5) is 0.371. The summed E-state index contributed by atoms with van der Waals surface area (Å²) in [5, 5.41) is 23.9. The summed E-state index contributed by atoms with van der Waals surface area (Å²) in [5.41, 5.74) is 4.86. The van der Waals surface area contributed by atoms with Crippen LogP contribution in [0.2, 0.25) is 0 Å². The number of hydrogen-bond acceptors (Lipinski definition) is 3. The molecule has 3 aromatic rings. The Morgan fingerprint density at radius 1 is 1.07 bits per heavy atom. The number of halogens is 1. The molecule has 4 nitrogen and oxygen atoms in total. The molecule has 3 N–H and O–H groups in total. The second-order valence-corrected chi connectivity index (χ2v) is 8.14. The van der Waals surface area contributed by atoms with E-state index < -0.39 is 0 Å². The van der Waals surface area contributed by atoms with E-state index in [-0.39, 0.29) is 12.4 Å². The van der Waals surface area contributed by atoms with Crippen molar-refractivity contribution in [2.75, 3.05) is 5.32 Å². The lowest BCUT2D eigenvalue weighted by atomic mass is 10.1. The van der Waals surface area contributed by atoms with Crippen LogP contribution in [0.3, 0.4) is 0 Å². The van der Waals surface area contributed by atoms with Crippen LogP contribution in [0.15, 0.2) is 71.5 Å². The van der Waals surface area contributed by atoms with Crippen molar-refractivity contribution in [1.29, 1.82) is 0 Å². The first-order chi connectivity index (χ1) is 13.9. The number of aryl methyl sites for hydroxylation is 2. The van der Waals surface area contributed by atoms with E-state index >= 15 is 0 Å². The Bertz CT molecular complexity index is 1060. The lowest BCUT2D eigenvalue weighted by Gasteiger charge is -2.12. The van der Waals surface area contributed by atoms with E-state index in [9.17, 15) is 10.2 Å². The molecule has 0 fully saturated rings. The number of aromatic nitrogens is 1. The molecule has 0 aliphatic carbocycles. The van der Waals surface area contributed by atoms with Crippen molar-refractivity contribution < 1.29 is 14.8 Å². The Labute approximate surface area is 184 Å². The summed E-state index contributed by atoms with van der Waals surface area (Å²) < 4.78 is 2.64. The molecule has 0 amide bonds. The molecule has 0 bridgehead atoms. The maximum atomic E-state index is 11.1. The standard InChI is InChI=1S/C23H21BrN2O2S/c1-15-10-16(2)12-20(11-15)25-23(29)21(26-9-3-4-17(13-26)14-27)22(28)18-5-7-19(24)8-6-18/h3-13,27H,14H2,1-2H3,(H-,25,28,29)/p+1. The SMILES string of the molecule is Cc1cc(C)cc(NC(=S)/C(=C(\O)c2ccc(Br)cc2)[n+]2cccc(CO)c2)c1.